The van der Waals surface area contributed by atoms with Gasteiger partial charge in [0, 0.05) is 41.4 Å². The van der Waals surface area contributed by atoms with Crippen LogP contribution in [0.25, 0.3) is 0 Å². The Morgan fingerprint density at radius 1 is 0.781 bits per heavy atom. The van der Waals surface area contributed by atoms with Crippen molar-refractivity contribution in [2.24, 2.45) is 17.8 Å². The Morgan fingerprint density at radius 2 is 1.41 bits per heavy atom. The third kappa shape index (κ3) is 2.96. The second-order valence-electron chi connectivity index (χ2n) is 10.3. The number of carbonyl (C=O) groups is 2. The molecule has 6 heteroatoms. The van der Waals surface area contributed by atoms with Crippen molar-refractivity contribution in [2.75, 3.05) is 0 Å². The van der Waals surface area contributed by atoms with E-state index in [-0.39, 0.29) is 22.8 Å². The molecule has 1 N–H and O–H groups in total. The van der Waals surface area contributed by atoms with Gasteiger partial charge in [-0.15, -0.1) is 0 Å². The summed E-state index contributed by atoms with van der Waals surface area (Å²) in [5.74, 6) is -1.93. The molecular formula is C26H30O6. The number of Topliss-reactive ketones (excluding diaryl/α,β-unsaturated/α-hetero) is 2. The molecule has 2 atom stereocenters. The number of aliphatic hydroxyl groups excluding tert-OH is 1. The quantitative estimate of drug-likeness (QED) is 0.589. The molecule has 4 fully saturated rings. The van der Waals surface area contributed by atoms with Gasteiger partial charge in [-0.05, 0) is 44.4 Å². The Balaban J connectivity index is 1.21. The summed E-state index contributed by atoms with van der Waals surface area (Å²) in [6.45, 7) is 0. The predicted molar refractivity (Wildman–Crippen MR) is 115 cm³/mol. The van der Waals surface area contributed by atoms with Crippen LogP contribution in [0.15, 0.2) is 35.6 Å². The van der Waals surface area contributed by atoms with Crippen LogP contribution in [0.5, 0.6) is 0 Å². The molecule has 32 heavy (non-hydrogen) atoms. The molecule has 0 amide bonds. The van der Waals surface area contributed by atoms with Gasteiger partial charge in [0.05, 0.1) is 0 Å². The number of benzene rings is 1. The summed E-state index contributed by atoms with van der Waals surface area (Å²) < 4.78 is 6.73. The molecular weight excluding hydrogens is 408 g/mol. The molecule has 0 aromatic heterocycles. The topological polar surface area (TPSA) is 82.1 Å². The molecule has 6 rings (SSSR count). The van der Waals surface area contributed by atoms with E-state index in [1.165, 1.54) is 19.3 Å². The van der Waals surface area contributed by atoms with E-state index < -0.39 is 23.1 Å². The third-order valence-corrected chi connectivity index (χ3v) is 8.56. The lowest BCUT2D eigenvalue weighted by Gasteiger charge is -2.39. The van der Waals surface area contributed by atoms with Crippen LogP contribution in [0.2, 0.25) is 0 Å². The van der Waals surface area contributed by atoms with E-state index in [1.807, 2.05) is 0 Å². The third-order valence-electron chi connectivity index (χ3n) is 8.56. The second-order valence-corrected chi connectivity index (χ2v) is 10.3. The minimum Gasteiger partial charge on any atom is -0.504 e. The Bertz CT molecular complexity index is 972. The van der Waals surface area contributed by atoms with Crippen LogP contribution in [0.1, 0.15) is 91.3 Å². The second kappa shape index (κ2) is 7.51. The highest BCUT2D eigenvalue weighted by Gasteiger charge is 2.63. The molecule has 170 valence electrons. The monoisotopic (exact) mass is 438 g/mol. The predicted octanol–water partition coefficient (Wildman–Crippen LogP) is 5.43. The van der Waals surface area contributed by atoms with Crippen LogP contribution >= 0.6 is 0 Å². The maximum atomic E-state index is 13.1. The highest BCUT2D eigenvalue weighted by Crippen LogP contribution is 2.58. The Hall–Kier alpha value is -2.02. The number of hydrogen-bond donors (Lipinski definition) is 1. The maximum absolute atomic E-state index is 13.1. The minimum absolute atomic E-state index is 0.191. The van der Waals surface area contributed by atoms with Crippen molar-refractivity contribution in [1.82, 2.24) is 0 Å². The lowest BCUT2D eigenvalue weighted by atomic mass is 9.74. The molecule has 2 spiro atoms. The van der Waals surface area contributed by atoms with Crippen molar-refractivity contribution < 1.29 is 29.2 Å². The van der Waals surface area contributed by atoms with E-state index in [2.05, 4.69) is 0 Å². The van der Waals surface area contributed by atoms with Crippen LogP contribution in [-0.2, 0) is 14.5 Å². The van der Waals surface area contributed by atoms with Crippen molar-refractivity contribution in [1.29, 1.82) is 0 Å². The van der Waals surface area contributed by atoms with Gasteiger partial charge in [-0.3, -0.25) is 9.59 Å². The zero-order chi connectivity index (χ0) is 21.9. The molecule has 1 heterocycles. The number of ether oxygens (including phenoxy) is 1. The molecule has 2 unspecified atom stereocenters. The summed E-state index contributed by atoms with van der Waals surface area (Å²) in [5.41, 5.74) is 0.916. The molecule has 5 aliphatic rings. The minimum atomic E-state index is -0.785. The van der Waals surface area contributed by atoms with Crippen molar-refractivity contribution in [3.8, 4) is 0 Å². The van der Waals surface area contributed by atoms with Crippen LogP contribution in [0, 0.1) is 17.8 Å². The summed E-state index contributed by atoms with van der Waals surface area (Å²) >= 11 is 0. The van der Waals surface area contributed by atoms with Crippen molar-refractivity contribution in [3.63, 3.8) is 0 Å². The van der Waals surface area contributed by atoms with Gasteiger partial charge in [0.2, 0.25) is 17.4 Å². The SMILES string of the molecule is O=C1C(O)=C(C2CCC3(CC2)OOC2(O3)C3CCCCCC2CC3)C(=O)c2ccccc21. The summed E-state index contributed by atoms with van der Waals surface area (Å²) in [7, 11) is 0. The smallest absolute Gasteiger partial charge is 0.228 e. The average molecular weight is 439 g/mol. The zero-order valence-corrected chi connectivity index (χ0v) is 18.3. The molecule has 0 radical (unpaired) electrons. The van der Waals surface area contributed by atoms with Gasteiger partial charge in [0.1, 0.15) is 0 Å². The molecule has 6 nitrogen and oxygen atoms in total. The molecule has 4 aliphatic carbocycles. The normalized spacial score (nSPS) is 39.4. The van der Waals surface area contributed by atoms with E-state index in [4.69, 9.17) is 14.5 Å². The summed E-state index contributed by atoms with van der Waals surface area (Å²) in [4.78, 5) is 37.9. The number of aliphatic hydroxyl groups is 1. The first-order valence-corrected chi connectivity index (χ1v) is 12.2. The Kier molecular flexibility index (Phi) is 4.83. The lowest BCUT2D eigenvalue weighted by molar-refractivity contribution is -0.368. The van der Waals surface area contributed by atoms with E-state index in [0.29, 0.717) is 43.1 Å². The Morgan fingerprint density at radius 3 is 2.06 bits per heavy atom. The van der Waals surface area contributed by atoms with Gasteiger partial charge in [0.15, 0.2) is 11.5 Å². The molecule has 1 saturated heterocycles. The maximum Gasteiger partial charge on any atom is 0.228 e. The van der Waals surface area contributed by atoms with Gasteiger partial charge in [-0.25, -0.2) is 0 Å². The molecule has 2 bridgehead atoms. The van der Waals surface area contributed by atoms with Crippen molar-refractivity contribution >= 4 is 11.6 Å². The molecule has 1 aromatic rings. The Labute approximate surface area is 187 Å². The van der Waals surface area contributed by atoms with Crippen LogP contribution < -0.4 is 0 Å². The van der Waals surface area contributed by atoms with Crippen molar-refractivity contribution in [2.45, 2.75) is 82.2 Å². The summed E-state index contributed by atoms with van der Waals surface area (Å²) in [6.07, 6.45) is 10.6. The van der Waals surface area contributed by atoms with Crippen LogP contribution in [0.4, 0.5) is 0 Å². The zero-order valence-electron chi connectivity index (χ0n) is 18.3. The average Bonchev–Trinajstić information content (AvgIpc) is 3.37. The standard InChI is InChI=1S/C26H30O6/c27-22-19-8-4-5-9-20(19)23(28)24(29)21(22)16-12-14-25(15-13-16)30-26(32-31-25)17-6-2-1-3-7-18(26)11-10-17/h4-5,8-9,16-18,29H,1-3,6-7,10-15H2. The highest BCUT2D eigenvalue weighted by atomic mass is 17.3. The van der Waals surface area contributed by atoms with Gasteiger partial charge in [-0.2, -0.15) is 9.78 Å². The molecule has 3 saturated carbocycles. The molecule has 1 aliphatic heterocycles. The number of rotatable bonds is 1. The van der Waals surface area contributed by atoms with E-state index >= 15 is 0 Å². The van der Waals surface area contributed by atoms with E-state index in [9.17, 15) is 14.7 Å². The van der Waals surface area contributed by atoms with Crippen LogP contribution in [-0.4, -0.2) is 28.2 Å². The first-order chi connectivity index (χ1) is 15.5. The lowest BCUT2D eigenvalue weighted by Crippen LogP contribution is -2.46. The fourth-order valence-corrected chi connectivity index (χ4v) is 6.85. The van der Waals surface area contributed by atoms with Gasteiger partial charge >= 0.3 is 0 Å². The number of ketones is 2. The van der Waals surface area contributed by atoms with Gasteiger partial charge in [0.25, 0.3) is 0 Å². The molecule has 1 aromatic carbocycles. The van der Waals surface area contributed by atoms with Gasteiger partial charge < -0.3 is 9.84 Å². The fourth-order valence-electron chi connectivity index (χ4n) is 6.85. The summed E-state index contributed by atoms with van der Waals surface area (Å²) in [6, 6.07) is 6.72. The van der Waals surface area contributed by atoms with Crippen LogP contribution in [0.3, 0.4) is 0 Å². The highest BCUT2D eigenvalue weighted by molar-refractivity contribution is 6.26. The van der Waals surface area contributed by atoms with Crippen molar-refractivity contribution in [3.05, 3.63) is 46.7 Å². The van der Waals surface area contributed by atoms with Gasteiger partial charge in [-0.1, -0.05) is 43.5 Å². The summed E-state index contributed by atoms with van der Waals surface area (Å²) in [5, 5.41) is 10.6. The number of carbonyl (C=O) groups excluding carboxylic acids is 2. The first-order valence-electron chi connectivity index (χ1n) is 12.2. The first kappa shape index (κ1) is 20.6. The number of allylic oxidation sites excluding steroid dienone is 2. The number of hydrogen-bond acceptors (Lipinski definition) is 6. The largest absolute Gasteiger partial charge is 0.504 e. The number of fused-ring (bicyclic) bond motifs is 1. The van der Waals surface area contributed by atoms with E-state index in [0.717, 1.165) is 25.7 Å². The van der Waals surface area contributed by atoms with E-state index in [1.54, 1.807) is 24.3 Å². The fraction of sp³-hybridized carbons (Fsp3) is 0.615.